The van der Waals surface area contributed by atoms with Crippen molar-refractivity contribution < 1.29 is 24.5 Å². The Morgan fingerprint density at radius 2 is 1.90 bits per heavy atom. The number of carboxylic acid groups (broad SMARTS) is 1. The third-order valence-electron chi connectivity index (χ3n) is 5.30. The van der Waals surface area contributed by atoms with Crippen molar-refractivity contribution in [2.75, 3.05) is 13.2 Å². The lowest BCUT2D eigenvalue weighted by molar-refractivity contribution is -0.119. The minimum Gasteiger partial charge on any atom is -0.477 e. The second kappa shape index (κ2) is 11.2. The van der Waals surface area contributed by atoms with E-state index in [4.69, 9.17) is 9.84 Å². The zero-order chi connectivity index (χ0) is 21.3. The van der Waals surface area contributed by atoms with Crippen molar-refractivity contribution in [1.29, 1.82) is 0 Å². The molecular weight excluding hydrogens is 402 g/mol. The number of aryl methyl sites for hydroxylation is 1. The minimum absolute atomic E-state index is 0.00268. The average molecular weight is 432 g/mol. The van der Waals surface area contributed by atoms with Gasteiger partial charge in [0.25, 0.3) is 0 Å². The molecule has 0 bridgehead atoms. The normalized spacial score (nSPS) is 17.1. The van der Waals surface area contributed by atoms with Crippen molar-refractivity contribution in [3.05, 3.63) is 57.3 Å². The second-order valence-corrected chi connectivity index (χ2v) is 8.77. The molecule has 162 valence electrons. The maximum atomic E-state index is 11.5. The Bertz CT molecular complexity index is 832. The third-order valence-corrected chi connectivity index (χ3v) is 6.42. The van der Waals surface area contributed by atoms with Crippen LogP contribution in [0.15, 0.2) is 36.4 Å². The van der Waals surface area contributed by atoms with Gasteiger partial charge in [-0.1, -0.05) is 37.1 Å². The SMILES string of the molecule is O=C1CC[C@H](COC(c2ccc(CCCCCCO)cc2)c2ccc(C(=O)O)s2)N1. The molecule has 3 N–H and O–H groups in total. The molecule has 1 unspecified atom stereocenters. The number of nitrogens with one attached hydrogen (secondary N) is 1. The summed E-state index contributed by atoms with van der Waals surface area (Å²) in [7, 11) is 0. The number of rotatable bonds is 12. The van der Waals surface area contributed by atoms with Gasteiger partial charge < -0.3 is 20.3 Å². The van der Waals surface area contributed by atoms with Crippen molar-refractivity contribution >= 4 is 23.2 Å². The monoisotopic (exact) mass is 431 g/mol. The number of hydrogen-bond donors (Lipinski definition) is 3. The molecule has 1 saturated heterocycles. The summed E-state index contributed by atoms with van der Waals surface area (Å²) in [6, 6.07) is 11.7. The van der Waals surface area contributed by atoms with Crippen molar-refractivity contribution in [2.45, 2.75) is 57.1 Å². The van der Waals surface area contributed by atoms with E-state index in [2.05, 4.69) is 17.4 Å². The van der Waals surface area contributed by atoms with Gasteiger partial charge in [0.15, 0.2) is 0 Å². The molecule has 2 atom stereocenters. The summed E-state index contributed by atoms with van der Waals surface area (Å²) in [4.78, 5) is 23.9. The Balaban J connectivity index is 1.67. The van der Waals surface area contributed by atoms with Gasteiger partial charge in [0.1, 0.15) is 11.0 Å². The molecule has 1 aromatic heterocycles. The van der Waals surface area contributed by atoms with Crippen LogP contribution in [0.1, 0.15) is 70.3 Å². The van der Waals surface area contributed by atoms with Crippen LogP contribution in [-0.2, 0) is 16.0 Å². The quantitative estimate of drug-likeness (QED) is 0.443. The van der Waals surface area contributed by atoms with E-state index in [0.29, 0.717) is 13.0 Å². The van der Waals surface area contributed by atoms with E-state index in [1.807, 2.05) is 12.1 Å². The number of ether oxygens (including phenoxy) is 1. The average Bonchev–Trinajstić information content (AvgIpc) is 3.39. The van der Waals surface area contributed by atoms with Gasteiger partial charge in [0.05, 0.1) is 12.6 Å². The summed E-state index contributed by atoms with van der Waals surface area (Å²) in [5, 5.41) is 21.0. The van der Waals surface area contributed by atoms with Crippen LogP contribution in [0.5, 0.6) is 0 Å². The molecule has 0 spiro atoms. The van der Waals surface area contributed by atoms with Gasteiger partial charge in [-0.05, 0) is 48.9 Å². The van der Waals surface area contributed by atoms with Crippen molar-refractivity contribution in [3.63, 3.8) is 0 Å². The lowest BCUT2D eigenvalue weighted by atomic mass is 10.0. The van der Waals surface area contributed by atoms with E-state index in [9.17, 15) is 14.7 Å². The Kier molecular flexibility index (Phi) is 8.42. The van der Waals surface area contributed by atoms with Gasteiger partial charge >= 0.3 is 5.97 Å². The first-order valence-electron chi connectivity index (χ1n) is 10.5. The van der Waals surface area contributed by atoms with Crippen molar-refractivity contribution in [3.8, 4) is 0 Å². The number of carbonyl (C=O) groups is 2. The maximum Gasteiger partial charge on any atom is 0.345 e. The third kappa shape index (κ3) is 6.39. The fourth-order valence-corrected chi connectivity index (χ4v) is 4.54. The van der Waals surface area contributed by atoms with Crippen LogP contribution in [-0.4, -0.2) is 41.3 Å². The van der Waals surface area contributed by atoms with Gasteiger partial charge in [-0.15, -0.1) is 11.3 Å². The molecule has 2 heterocycles. The lowest BCUT2D eigenvalue weighted by Crippen LogP contribution is -2.30. The Morgan fingerprint density at radius 1 is 1.13 bits per heavy atom. The first kappa shape index (κ1) is 22.5. The van der Waals surface area contributed by atoms with Crippen LogP contribution >= 0.6 is 11.3 Å². The van der Waals surface area contributed by atoms with Crippen molar-refractivity contribution in [2.24, 2.45) is 0 Å². The number of aliphatic hydroxyl groups is 1. The number of thiophene rings is 1. The first-order valence-corrected chi connectivity index (χ1v) is 11.3. The lowest BCUT2D eigenvalue weighted by Gasteiger charge is -2.20. The molecule has 0 aliphatic carbocycles. The van der Waals surface area contributed by atoms with Crippen LogP contribution in [0.4, 0.5) is 0 Å². The molecule has 7 heteroatoms. The number of carboxylic acids is 1. The second-order valence-electron chi connectivity index (χ2n) is 7.65. The largest absolute Gasteiger partial charge is 0.477 e. The summed E-state index contributed by atoms with van der Waals surface area (Å²) < 4.78 is 6.18. The van der Waals surface area contributed by atoms with Gasteiger partial charge in [0, 0.05) is 17.9 Å². The summed E-state index contributed by atoms with van der Waals surface area (Å²) in [6.45, 7) is 0.649. The van der Waals surface area contributed by atoms with E-state index in [1.54, 1.807) is 12.1 Å². The summed E-state index contributed by atoms with van der Waals surface area (Å²) in [5.74, 6) is -0.891. The molecule has 1 aliphatic heterocycles. The van der Waals surface area contributed by atoms with Gasteiger partial charge in [-0.25, -0.2) is 4.79 Å². The van der Waals surface area contributed by atoms with Crippen LogP contribution in [0, 0.1) is 0 Å². The number of aromatic carboxylic acids is 1. The smallest absolute Gasteiger partial charge is 0.345 e. The van der Waals surface area contributed by atoms with E-state index in [-0.39, 0.29) is 29.5 Å². The van der Waals surface area contributed by atoms with Crippen LogP contribution in [0.25, 0.3) is 0 Å². The highest BCUT2D eigenvalue weighted by Crippen LogP contribution is 2.32. The summed E-state index contributed by atoms with van der Waals surface area (Å²) in [5.41, 5.74) is 2.23. The number of amides is 1. The van der Waals surface area contributed by atoms with E-state index in [0.717, 1.165) is 49.0 Å². The summed E-state index contributed by atoms with van der Waals surface area (Å²) >= 11 is 1.22. The zero-order valence-corrected chi connectivity index (χ0v) is 17.8. The maximum absolute atomic E-state index is 11.5. The van der Waals surface area contributed by atoms with Crippen LogP contribution in [0.2, 0.25) is 0 Å². The molecule has 0 radical (unpaired) electrons. The molecule has 1 fully saturated rings. The fraction of sp³-hybridized carbons (Fsp3) is 0.478. The summed E-state index contributed by atoms with van der Waals surface area (Å²) in [6.07, 6.45) is 6.01. The molecule has 1 amide bonds. The van der Waals surface area contributed by atoms with E-state index < -0.39 is 5.97 Å². The first-order chi connectivity index (χ1) is 14.6. The number of hydrogen-bond acceptors (Lipinski definition) is 5. The van der Waals surface area contributed by atoms with E-state index in [1.165, 1.54) is 16.9 Å². The number of benzene rings is 1. The molecule has 3 rings (SSSR count). The molecule has 2 aromatic rings. The van der Waals surface area contributed by atoms with E-state index >= 15 is 0 Å². The Hall–Kier alpha value is -2.22. The van der Waals surface area contributed by atoms with Gasteiger partial charge in [0.2, 0.25) is 5.91 Å². The van der Waals surface area contributed by atoms with Crippen LogP contribution in [0.3, 0.4) is 0 Å². The topological polar surface area (TPSA) is 95.9 Å². The number of aliphatic hydroxyl groups excluding tert-OH is 1. The molecule has 30 heavy (non-hydrogen) atoms. The zero-order valence-electron chi connectivity index (χ0n) is 17.0. The predicted molar refractivity (Wildman–Crippen MR) is 116 cm³/mol. The molecular formula is C23H29NO5S. The number of carbonyl (C=O) groups excluding carboxylic acids is 1. The molecule has 1 aromatic carbocycles. The minimum atomic E-state index is -0.940. The highest BCUT2D eigenvalue weighted by molar-refractivity contribution is 7.14. The number of unbranched alkanes of at least 4 members (excludes halogenated alkanes) is 3. The predicted octanol–water partition coefficient (Wildman–Crippen LogP) is 3.93. The van der Waals surface area contributed by atoms with Crippen LogP contribution < -0.4 is 5.32 Å². The van der Waals surface area contributed by atoms with Gasteiger partial charge in [-0.3, -0.25) is 4.79 Å². The highest BCUT2D eigenvalue weighted by atomic mass is 32.1. The van der Waals surface area contributed by atoms with Crippen molar-refractivity contribution in [1.82, 2.24) is 5.32 Å². The fourth-order valence-electron chi connectivity index (χ4n) is 3.62. The Labute approximate surface area is 180 Å². The Morgan fingerprint density at radius 3 is 2.53 bits per heavy atom. The molecule has 6 nitrogen and oxygen atoms in total. The standard InChI is InChI=1S/C23H29NO5S/c25-14-4-2-1-3-5-16-6-8-17(9-7-16)22(19-11-12-20(30-19)23(27)28)29-15-18-10-13-21(26)24-18/h6-9,11-12,18,22,25H,1-5,10,13-15H2,(H,24,26)(H,27,28)/t18-,22?/m1/s1. The molecule has 0 saturated carbocycles. The van der Waals surface area contributed by atoms with Gasteiger partial charge in [-0.2, -0.15) is 0 Å². The molecule has 1 aliphatic rings. The highest BCUT2D eigenvalue weighted by Gasteiger charge is 2.24.